The summed E-state index contributed by atoms with van der Waals surface area (Å²) in [6.45, 7) is 1.76. The number of carbonyl (C=O) groups is 1. The summed E-state index contributed by atoms with van der Waals surface area (Å²) in [5, 5.41) is 5.56. The Labute approximate surface area is 145 Å². The van der Waals surface area contributed by atoms with E-state index in [1.165, 1.54) is 6.07 Å². The van der Waals surface area contributed by atoms with Crippen LogP contribution >= 0.6 is 0 Å². The third-order valence-corrected chi connectivity index (χ3v) is 4.03. The van der Waals surface area contributed by atoms with E-state index in [-0.39, 0.29) is 11.8 Å². The van der Waals surface area contributed by atoms with Crippen LogP contribution in [-0.4, -0.2) is 28.7 Å². The number of aryl methyl sites for hydroxylation is 1. The van der Waals surface area contributed by atoms with Gasteiger partial charge < -0.3 is 15.2 Å². The summed E-state index contributed by atoms with van der Waals surface area (Å²) in [6, 6.07) is 14.3. The molecule has 3 rings (SSSR count). The first-order valence-electron chi connectivity index (χ1n) is 8.39. The van der Waals surface area contributed by atoms with E-state index in [0.29, 0.717) is 25.1 Å². The normalized spacial score (nSPS) is 10.8. The third kappa shape index (κ3) is 4.56. The van der Waals surface area contributed by atoms with Crippen LogP contribution in [0.25, 0.3) is 11.0 Å². The van der Waals surface area contributed by atoms with Gasteiger partial charge >= 0.3 is 6.03 Å². The smallest absolute Gasteiger partial charge is 0.314 e. The summed E-state index contributed by atoms with van der Waals surface area (Å²) in [6.07, 6.45) is 3.10. The van der Waals surface area contributed by atoms with Crippen LogP contribution in [0.2, 0.25) is 0 Å². The molecule has 0 bridgehead atoms. The summed E-state index contributed by atoms with van der Waals surface area (Å²) in [4.78, 5) is 16.1. The lowest BCUT2D eigenvalue weighted by molar-refractivity contribution is 0.240. The summed E-state index contributed by atoms with van der Waals surface area (Å²) >= 11 is 0. The van der Waals surface area contributed by atoms with Gasteiger partial charge in [-0.1, -0.05) is 30.3 Å². The number of aromatic nitrogens is 2. The predicted octanol–water partition coefficient (Wildman–Crippen LogP) is 3.11. The van der Waals surface area contributed by atoms with Gasteiger partial charge in [-0.25, -0.2) is 14.2 Å². The van der Waals surface area contributed by atoms with Gasteiger partial charge in [0.05, 0.1) is 17.4 Å². The highest BCUT2D eigenvalue weighted by atomic mass is 19.1. The molecular formula is C19H21FN4O. The minimum absolute atomic E-state index is 0.230. The van der Waals surface area contributed by atoms with Gasteiger partial charge in [0.2, 0.25) is 0 Å². The van der Waals surface area contributed by atoms with Gasteiger partial charge in [-0.2, -0.15) is 0 Å². The second-order valence-corrected chi connectivity index (χ2v) is 5.80. The van der Waals surface area contributed by atoms with Crippen molar-refractivity contribution in [1.29, 1.82) is 0 Å². The molecule has 1 aromatic heterocycles. The Kier molecular flexibility index (Phi) is 5.61. The van der Waals surface area contributed by atoms with Gasteiger partial charge in [0.25, 0.3) is 0 Å². The Morgan fingerprint density at radius 1 is 1.04 bits per heavy atom. The minimum atomic E-state index is -0.239. The van der Waals surface area contributed by atoms with Gasteiger partial charge in [0.1, 0.15) is 5.82 Å². The molecule has 0 radical (unpaired) electrons. The maximum atomic E-state index is 13.5. The van der Waals surface area contributed by atoms with Crippen molar-refractivity contribution < 1.29 is 9.18 Å². The van der Waals surface area contributed by atoms with Crippen molar-refractivity contribution in [3.63, 3.8) is 0 Å². The molecule has 3 aromatic rings. The Morgan fingerprint density at radius 3 is 2.68 bits per heavy atom. The molecule has 0 atom stereocenters. The zero-order valence-corrected chi connectivity index (χ0v) is 13.9. The molecule has 130 valence electrons. The van der Waals surface area contributed by atoms with E-state index in [4.69, 9.17) is 0 Å². The average Bonchev–Trinajstić information content (AvgIpc) is 3.04. The number of rotatable bonds is 7. The van der Waals surface area contributed by atoms with Crippen LogP contribution in [0.5, 0.6) is 0 Å². The molecule has 25 heavy (non-hydrogen) atoms. The Bertz CT molecular complexity index is 846. The molecule has 5 nitrogen and oxygen atoms in total. The number of fused-ring (bicyclic) bond motifs is 1. The van der Waals surface area contributed by atoms with Gasteiger partial charge in [-0.3, -0.25) is 0 Å². The lowest BCUT2D eigenvalue weighted by atomic mass is 10.1. The third-order valence-electron chi connectivity index (χ3n) is 4.03. The second-order valence-electron chi connectivity index (χ2n) is 5.80. The minimum Gasteiger partial charge on any atom is -0.338 e. The molecule has 0 fully saturated rings. The van der Waals surface area contributed by atoms with Crippen LogP contribution in [0, 0.1) is 5.82 Å². The average molecular weight is 340 g/mol. The molecule has 2 aromatic carbocycles. The van der Waals surface area contributed by atoms with Crippen LogP contribution < -0.4 is 10.6 Å². The van der Waals surface area contributed by atoms with Crippen molar-refractivity contribution in [2.75, 3.05) is 13.1 Å². The van der Waals surface area contributed by atoms with Crippen molar-refractivity contribution in [3.05, 3.63) is 66.2 Å². The molecule has 0 unspecified atom stereocenters. The first-order chi connectivity index (χ1) is 12.2. The first kappa shape index (κ1) is 17.0. The van der Waals surface area contributed by atoms with Crippen molar-refractivity contribution >= 4 is 17.1 Å². The fourth-order valence-corrected chi connectivity index (χ4v) is 2.71. The second kappa shape index (κ2) is 8.28. The van der Waals surface area contributed by atoms with E-state index >= 15 is 0 Å². The van der Waals surface area contributed by atoms with E-state index in [9.17, 15) is 9.18 Å². The monoisotopic (exact) mass is 340 g/mol. The van der Waals surface area contributed by atoms with E-state index in [0.717, 1.165) is 24.0 Å². The Morgan fingerprint density at radius 2 is 1.80 bits per heavy atom. The molecule has 0 spiro atoms. The number of nitrogens with one attached hydrogen (secondary N) is 2. The van der Waals surface area contributed by atoms with Gasteiger partial charge in [0, 0.05) is 19.6 Å². The fraction of sp³-hybridized carbons (Fsp3) is 0.263. The summed E-state index contributed by atoms with van der Waals surface area (Å²) in [5.41, 5.74) is 2.67. The van der Waals surface area contributed by atoms with Crippen LogP contribution in [0.1, 0.15) is 12.0 Å². The fourth-order valence-electron chi connectivity index (χ4n) is 2.71. The lowest BCUT2D eigenvalue weighted by Gasteiger charge is -2.09. The molecule has 1 heterocycles. The van der Waals surface area contributed by atoms with Gasteiger partial charge in [0.15, 0.2) is 0 Å². The van der Waals surface area contributed by atoms with Crippen LogP contribution in [0.15, 0.2) is 54.9 Å². The highest BCUT2D eigenvalue weighted by Crippen LogP contribution is 2.11. The van der Waals surface area contributed by atoms with Gasteiger partial charge in [-0.05, 0) is 36.6 Å². The summed E-state index contributed by atoms with van der Waals surface area (Å²) in [7, 11) is 0. The van der Waals surface area contributed by atoms with Crippen molar-refractivity contribution in [2.24, 2.45) is 0 Å². The van der Waals surface area contributed by atoms with Crippen LogP contribution in [0.3, 0.4) is 0 Å². The quantitative estimate of drug-likeness (QED) is 0.649. The molecule has 2 N–H and O–H groups in total. The number of benzene rings is 2. The largest absolute Gasteiger partial charge is 0.338 e. The van der Waals surface area contributed by atoms with Crippen molar-refractivity contribution in [1.82, 2.24) is 20.2 Å². The maximum Gasteiger partial charge on any atom is 0.314 e. The predicted molar refractivity (Wildman–Crippen MR) is 95.9 cm³/mol. The number of para-hydroxylation sites is 2. The zero-order chi connectivity index (χ0) is 17.5. The number of carbonyl (C=O) groups excluding carboxylic acids is 1. The number of hydrogen-bond acceptors (Lipinski definition) is 2. The lowest BCUT2D eigenvalue weighted by Crippen LogP contribution is -2.37. The maximum absolute atomic E-state index is 13.5. The summed E-state index contributed by atoms with van der Waals surface area (Å²) in [5.74, 6) is -0.239. The molecular weight excluding hydrogens is 319 g/mol. The molecule has 0 saturated carbocycles. The topological polar surface area (TPSA) is 59.0 Å². The molecule has 0 aliphatic rings. The SMILES string of the molecule is O=C(NCCCn1cnc2ccccc21)NCCc1ccccc1F. The Hall–Kier alpha value is -2.89. The number of hydrogen-bond donors (Lipinski definition) is 2. The summed E-state index contributed by atoms with van der Waals surface area (Å²) < 4.78 is 15.5. The molecule has 0 aliphatic carbocycles. The molecule has 6 heteroatoms. The molecule has 2 amide bonds. The number of amides is 2. The highest BCUT2D eigenvalue weighted by molar-refractivity contribution is 5.75. The van der Waals surface area contributed by atoms with E-state index in [1.807, 2.05) is 30.6 Å². The number of urea groups is 1. The molecule has 0 aliphatic heterocycles. The zero-order valence-electron chi connectivity index (χ0n) is 13.9. The van der Waals surface area contributed by atoms with Crippen LogP contribution in [0.4, 0.5) is 9.18 Å². The van der Waals surface area contributed by atoms with E-state index in [1.54, 1.807) is 18.2 Å². The standard InChI is InChI=1S/C19H21FN4O/c20-16-7-2-1-6-15(16)10-12-22-19(25)21-11-5-13-24-14-23-17-8-3-4-9-18(17)24/h1-4,6-9,14H,5,10-13H2,(H2,21,22,25). The number of nitrogens with zero attached hydrogens (tertiary/aromatic N) is 2. The van der Waals surface area contributed by atoms with E-state index < -0.39 is 0 Å². The van der Waals surface area contributed by atoms with Crippen molar-refractivity contribution in [3.8, 4) is 0 Å². The van der Waals surface area contributed by atoms with E-state index in [2.05, 4.69) is 20.2 Å². The van der Waals surface area contributed by atoms with Crippen molar-refractivity contribution in [2.45, 2.75) is 19.4 Å². The number of halogens is 1. The molecule has 0 saturated heterocycles. The van der Waals surface area contributed by atoms with Gasteiger partial charge in [-0.15, -0.1) is 0 Å². The van der Waals surface area contributed by atoms with Crippen LogP contribution in [-0.2, 0) is 13.0 Å². The first-order valence-corrected chi connectivity index (χ1v) is 8.39. The Balaban J connectivity index is 1.35. The highest BCUT2D eigenvalue weighted by Gasteiger charge is 2.04. The number of imidazole rings is 1.